The van der Waals surface area contributed by atoms with E-state index in [1.807, 2.05) is 18.2 Å². The molecule has 2 atom stereocenters. The number of methoxy groups -OCH3 is 1. The summed E-state index contributed by atoms with van der Waals surface area (Å²) in [6.07, 6.45) is 0. The van der Waals surface area contributed by atoms with Crippen LogP contribution in [0, 0.1) is 5.82 Å². The maximum Gasteiger partial charge on any atom is 0.321 e. The Balaban J connectivity index is 1.76. The second-order valence-corrected chi connectivity index (χ2v) is 6.70. The summed E-state index contributed by atoms with van der Waals surface area (Å²) >= 11 is 1.54. The van der Waals surface area contributed by atoms with Gasteiger partial charge in [0.05, 0.1) is 12.5 Å². The first-order valence-corrected chi connectivity index (χ1v) is 8.78. The minimum absolute atomic E-state index is 0.112. The minimum atomic E-state index is -0.855. The normalized spacial score (nSPS) is 19.6. The first kappa shape index (κ1) is 17.6. The van der Waals surface area contributed by atoms with E-state index < -0.39 is 17.8 Å². The van der Waals surface area contributed by atoms with Crippen LogP contribution in [0.1, 0.15) is 16.5 Å². The summed E-state index contributed by atoms with van der Waals surface area (Å²) in [7, 11) is 1.56. The average Bonchev–Trinajstić information content (AvgIpc) is 3.11. The number of aliphatic carboxylic acids is 1. The predicted molar refractivity (Wildman–Crippen MR) is 93.5 cm³/mol. The summed E-state index contributed by atoms with van der Waals surface area (Å²) in [6.45, 7) is 0.150. The van der Waals surface area contributed by atoms with E-state index in [2.05, 4.69) is 5.32 Å². The summed E-state index contributed by atoms with van der Waals surface area (Å²) in [6, 6.07) is 11.3. The molecule has 132 valence electrons. The van der Waals surface area contributed by atoms with E-state index in [0.717, 1.165) is 11.1 Å². The Labute approximate surface area is 149 Å². The fourth-order valence-corrected chi connectivity index (χ4v) is 3.82. The molecule has 0 aromatic heterocycles. The van der Waals surface area contributed by atoms with Gasteiger partial charge in [-0.1, -0.05) is 18.2 Å². The molecule has 2 aromatic carbocycles. The third-order valence-electron chi connectivity index (χ3n) is 3.91. The third kappa shape index (κ3) is 4.05. The molecule has 0 saturated carbocycles. The number of hydrogen-bond donors (Lipinski definition) is 2. The number of hydrogen-bond acceptors (Lipinski definition) is 5. The van der Waals surface area contributed by atoms with Gasteiger partial charge in [0.2, 0.25) is 0 Å². The topological polar surface area (TPSA) is 67.8 Å². The van der Waals surface area contributed by atoms with Crippen molar-refractivity contribution in [2.24, 2.45) is 0 Å². The molecule has 0 unspecified atom stereocenters. The largest absolute Gasteiger partial charge is 0.496 e. The quantitative estimate of drug-likeness (QED) is 0.822. The molecule has 0 amide bonds. The zero-order valence-electron chi connectivity index (χ0n) is 13.6. The molecular weight excluding hydrogens is 345 g/mol. The lowest BCUT2D eigenvalue weighted by Crippen LogP contribution is -2.33. The van der Waals surface area contributed by atoms with Crippen molar-refractivity contribution in [3.63, 3.8) is 0 Å². The van der Waals surface area contributed by atoms with Crippen molar-refractivity contribution in [2.75, 3.05) is 12.9 Å². The molecule has 2 aromatic rings. The van der Waals surface area contributed by atoms with E-state index >= 15 is 0 Å². The second kappa shape index (κ2) is 7.76. The van der Waals surface area contributed by atoms with Crippen molar-refractivity contribution in [1.82, 2.24) is 5.32 Å². The molecule has 1 heterocycles. The number of carbonyl (C=O) groups is 1. The SMILES string of the molecule is COc1ccc([C@H]2N[C@@H](C(=O)O)CS2)cc1COc1ccccc1F. The van der Waals surface area contributed by atoms with Gasteiger partial charge in [0.1, 0.15) is 18.4 Å². The van der Waals surface area contributed by atoms with Crippen LogP contribution in [-0.2, 0) is 11.4 Å². The van der Waals surface area contributed by atoms with E-state index in [-0.39, 0.29) is 17.7 Å². The van der Waals surface area contributed by atoms with Gasteiger partial charge < -0.3 is 14.6 Å². The fraction of sp³-hybridized carbons (Fsp3) is 0.278. The summed E-state index contributed by atoms with van der Waals surface area (Å²) < 4.78 is 24.6. The number of nitrogens with one attached hydrogen (secondary N) is 1. The molecule has 25 heavy (non-hydrogen) atoms. The number of carboxylic acid groups (broad SMARTS) is 1. The third-order valence-corrected chi connectivity index (χ3v) is 5.17. The predicted octanol–water partition coefficient (Wildman–Crippen LogP) is 3.20. The Morgan fingerprint density at radius 3 is 2.80 bits per heavy atom. The lowest BCUT2D eigenvalue weighted by atomic mass is 10.1. The number of para-hydroxylation sites is 1. The lowest BCUT2D eigenvalue weighted by Gasteiger charge is -2.16. The highest BCUT2D eigenvalue weighted by Gasteiger charge is 2.30. The summed E-state index contributed by atoms with van der Waals surface area (Å²) in [5.41, 5.74) is 1.70. The van der Waals surface area contributed by atoms with Crippen LogP contribution in [-0.4, -0.2) is 30.0 Å². The molecular formula is C18H18FNO4S. The van der Waals surface area contributed by atoms with Crippen LogP contribution in [0.2, 0.25) is 0 Å². The van der Waals surface area contributed by atoms with Crippen LogP contribution in [0.15, 0.2) is 42.5 Å². The van der Waals surface area contributed by atoms with Gasteiger partial charge in [-0.05, 0) is 29.8 Å². The van der Waals surface area contributed by atoms with Crippen LogP contribution in [0.5, 0.6) is 11.5 Å². The van der Waals surface area contributed by atoms with Gasteiger partial charge in [-0.15, -0.1) is 11.8 Å². The molecule has 0 spiro atoms. The van der Waals surface area contributed by atoms with Gasteiger partial charge in [-0.3, -0.25) is 10.1 Å². The molecule has 1 aliphatic heterocycles. The van der Waals surface area contributed by atoms with Crippen LogP contribution in [0.25, 0.3) is 0 Å². The van der Waals surface area contributed by atoms with Crippen molar-refractivity contribution in [2.45, 2.75) is 18.0 Å². The molecule has 7 heteroatoms. The summed E-state index contributed by atoms with van der Waals surface area (Å²) in [5, 5.41) is 12.1. The Hall–Kier alpha value is -2.25. The number of carboxylic acids is 1. The highest BCUT2D eigenvalue weighted by molar-refractivity contribution is 7.99. The van der Waals surface area contributed by atoms with Crippen LogP contribution in [0.4, 0.5) is 4.39 Å². The molecule has 3 rings (SSSR count). The van der Waals surface area contributed by atoms with Crippen molar-refractivity contribution in [3.05, 3.63) is 59.4 Å². The molecule has 1 saturated heterocycles. The van der Waals surface area contributed by atoms with E-state index in [1.165, 1.54) is 17.8 Å². The number of thioether (sulfide) groups is 1. The Bertz CT molecular complexity index is 770. The number of halogens is 1. The van der Waals surface area contributed by atoms with Gasteiger partial charge in [0.25, 0.3) is 0 Å². The highest BCUT2D eigenvalue weighted by atomic mass is 32.2. The summed E-state index contributed by atoms with van der Waals surface area (Å²) in [5.74, 6) is 0.0429. The second-order valence-electron chi connectivity index (χ2n) is 5.56. The van der Waals surface area contributed by atoms with Gasteiger partial charge in [0, 0.05) is 11.3 Å². The van der Waals surface area contributed by atoms with Crippen LogP contribution in [0.3, 0.4) is 0 Å². The standard InChI is InChI=1S/C18H18FNO4S/c1-23-15-7-6-11(17-20-14(10-25-17)18(21)22)8-12(15)9-24-16-5-3-2-4-13(16)19/h2-8,14,17,20H,9-10H2,1H3,(H,21,22)/t14-,17+/m1/s1. The van der Waals surface area contributed by atoms with E-state index in [0.29, 0.717) is 11.5 Å². The smallest absolute Gasteiger partial charge is 0.321 e. The Morgan fingerprint density at radius 2 is 2.12 bits per heavy atom. The number of rotatable bonds is 6. The van der Waals surface area contributed by atoms with Crippen molar-refractivity contribution < 1.29 is 23.8 Å². The van der Waals surface area contributed by atoms with Crippen LogP contribution < -0.4 is 14.8 Å². The summed E-state index contributed by atoms with van der Waals surface area (Å²) in [4.78, 5) is 11.1. The van der Waals surface area contributed by atoms with E-state index in [1.54, 1.807) is 25.3 Å². The molecule has 0 bridgehead atoms. The van der Waals surface area contributed by atoms with Gasteiger partial charge in [-0.2, -0.15) is 0 Å². The van der Waals surface area contributed by atoms with Gasteiger partial charge in [0.15, 0.2) is 11.6 Å². The molecule has 0 radical (unpaired) electrons. The fourth-order valence-electron chi connectivity index (χ4n) is 2.60. The van der Waals surface area contributed by atoms with E-state index in [9.17, 15) is 9.18 Å². The minimum Gasteiger partial charge on any atom is -0.496 e. The van der Waals surface area contributed by atoms with Gasteiger partial charge >= 0.3 is 5.97 Å². The Kier molecular flexibility index (Phi) is 5.45. The monoisotopic (exact) mass is 363 g/mol. The highest BCUT2D eigenvalue weighted by Crippen LogP contribution is 2.35. The molecule has 5 nitrogen and oxygen atoms in total. The lowest BCUT2D eigenvalue weighted by molar-refractivity contribution is -0.138. The van der Waals surface area contributed by atoms with Crippen molar-refractivity contribution >= 4 is 17.7 Å². The molecule has 1 fully saturated rings. The maximum atomic E-state index is 13.7. The van der Waals surface area contributed by atoms with E-state index in [4.69, 9.17) is 14.6 Å². The average molecular weight is 363 g/mol. The van der Waals surface area contributed by atoms with Crippen molar-refractivity contribution in [1.29, 1.82) is 0 Å². The first-order valence-electron chi connectivity index (χ1n) is 7.73. The molecule has 0 aliphatic carbocycles. The number of benzene rings is 2. The zero-order chi connectivity index (χ0) is 17.8. The van der Waals surface area contributed by atoms with Gasteiger partial charge in [-0.25, -0.2) is 4.39 Å². The van der Waals surface area contributed by atoms with Crippen molar-refractivity contribution in [3.8, 4) is 11.5 Å². The molecule has 1 aliphatic rings. The Morgan fingerprint density at radius 1 is 1.32 bits per heavy atom. The molecule has 2 N–H and O–H groups in total. The van der Waals surface area contributed by atoms with Crippen LogP contribution >= 0.6 is 11.8 Å². The zero-order valence-corrected chi connectivity index (χ0v) is 14.4. The number of ether oxygens (including phenoxy) is 2. The first-order chi connectivity index (χ1) is 12.1. The maximum absolute atomic E-state index is 13.7.